The lowest BCUT2D eigenvalue weighted by Crippen LogP contribution is -2.66. The van der Waals surface area contributed by atoms with Crippen molar-refractivity contribution in [2.75, 3.05) is 19.0 Å². The second-order valence-electron chi connectivity index (χ2n) is 5.69. The molecule has 0 radical (unpaired) electrons. The summed E-state index contributed by atoms with van der Waals surface area (Å²) in [5.74, 6) is -1.41. The van der Waals surface area contributed by atoms with E-state index < -0.39 is 51.3 Å². The van der Waals surface area contributed by atoms with E-state index in [0.717, 1.165) is 10.7 Å². The number of amides is 1. The van der Waals surface area contributed by atoms with E-state index in [0.29, 0.717) is 3.53 Å². The number of β-lactam (4-membered cyclic amide) rings is 1. The van der Waals surface area contributed by atoms with E-state index in [1.54, 1.807) is 0 Å². The fraction of sp³-hybridized carbons (Fsp3) is 0.625. The number of carbonyl (C=O) groups excluding carboxylic acids is 3. The summed E-state index contributed by atoms with van der Waals surface area (Å²) in [7, 11) is 0. The zero-order valence-electron chi connectivity index (χ0n) is 15.8. The number of thioether (sulfide) groups is 2. The number of hydrogen-bond donors (Lipinski definition) is 0. The molecule has 0 aromatic rings. The predicted molar refractivity (Wildman–Crippen MR) is 125 cm³/mol. The molecule has 30 heavy (non-hydrogen) atoms. The van der Waals surface area contributed by atoms with Crippen molar-refractivity contribution >= 4 is 104 Å². The minimum Gasteiger partial charge on any atom is -0.459 e. The first-order valence-corrected chi connectivity index (χ1v) is 12.2. The van der Waals surface area contributed by atoms with Gasteiger partial charge in [-0.1, -0.05) is 90.0 Å². The second kappa shape index (κ2) is 12.8. The van der Waals surface area contributed by atoms with Crippen LogP contribution in [-0.2, 0) is 23.8 Å². The van der Waals surface area contributed by atoms with Crippen molar-refractivity contribution in [3.8, 4) is 0 Å². The SMILES string of the molecule is C=CCOC(=O)C(Cl)N1C(=O)C(C(C)OC(=O)OCC(Cl)(Cl)Cl)C1SC(=S)SCC. The van der Waals surface area contributed by atoms with Crippen molar-refractivity contribution in [1.29, 1.82) is 0 Å². The maximum absolute atomic E-state index is 12.7. The van der Waals surface area contributed by atoms with Crippen molar-refractivity contribution in [2.45, 2.75) is 34.6 Å². The molecule has 0 aromatic carbocycles. The van der Waals surface area contributed by atoms with Gasteiger partial charge in [0.15, 0.2) is 0 Å². The molecule has 7 nitrogen and oxygen atoms in total. The number of esters is 1. The third-order valence-electron chi connectivity index (χ3n) is 3.52. The van der Waals surface area contributed by atoms with Crippen LogP contribution in [0.25, 0.3) is 0 Å². The lowest BCUT2D eigenvalue weighted by Gasteiger charge is -2.49. The standard InChI is InChI=1S/C16H19Cl4NO6S3/c1-4-6-25-13(23)10(17)21-11(22)9(12(21)30-15(28)29-5-2)8(3)27-14(24)26-7-16(18,19)20/h4,8-10,12H,1,5-7H2,2-3H3. The highest BCUT2D eigenvalue weighted by Crippen LogP contribution is 2.43. The van der Waals surface area contributed by atoms with Gasteiger partial charge in [0, 0.05) is 0 Å². The van der Waals surface area contributed by atoms with Crippen LogP contribution in [0.4, 0.5) is 4.79 Å². The highest BCUT2D eigenvalue weighted by atomic mass is 35.6. The van der Waals surface area contributed by atoms with Crippen LogP contribution in [0.1, 0.15) is 13.8 Å². The molecule has 1 fully saturated rings. The smallest absolute Gasteiger partial charge is 0.459 e. The minimum absolute atomic E-state index is 0.0516. The quantitative estimate of drug-likeness (QED) is 0.0993. The van der Waals surface area contributed by atoms with Crippen molar-refractivity contribution in [3.63, 3.8) is 0 Å². The number of thiocarbonyl (C=S) groups is 1. The second-order valence-corrected chi connectivity index (χ2v) is 12.2. The number of halogens is 4. The molecular formula is C16H19Cl4NO6S3. The molecule has 0 N–H and O–H groups in total. The molecular weight excluding hydrogens is 540 g/mol. The third kappa shape index (κ3) is 8.44. The summed E-state index contributed by atoms with van der Waals surface area (Å²) in [5, 5.41) is -0.654. The van der Waals surface area contributed by atoms with E-state index in [2.05, 4.69) is 6.58 Å². The van der Waals surface area contributed by atoms with E-state index in [1.807, 2.05) is 6.92 Å². The van der Waals surface area contributed by atoms with Crippen LogP contribution in [-0.4, -0.2) is 66.2 Å². The van der Waals surface area contributed by atoms with Crippen LogP contribution in [0.15, 0.2) is 12.7 Å². The maximum atomic E-state index is 12.7. The van der Waals surface area contributed by atoms with Gasteiger partial charge in [-0.05, 0) is 12.7 Å². The summed E-state index contributed by atoms with van der Waals surface area (Å²) in [4.78, 5) is 37.8. The highest BCUT2D eigenvalue weighted by Gasteiger charge is 2.56. The first-order valence-electron chi connectivity index (χ1n) is 8.40. The van der Waals surface area contributed by atoms with Crippen molar-refractivity contribution in [3.05, 3.63) is 12.7 Å². The third-order valence-corrected chi connectivity index (χ3v) is 7.00. The zero-order chi connectivity index (χ0) is 23.1. The number of ether oxygens (including phenoxy) is 3. The molecule has 0 saturated carbocycles. The van der Waals surface area contributed by atoms with Gasteiger partial charge < -0.3 is 19.1 Å². The van der Waals surface area contributed by atoms with E-state index in [4.69, 9.17) is 72.8 Å². The van der Waals surface area contributed by atoms with Crippen LogP contribution < -0.4 is 0 Å². The molecule has 0 aromatic heterocycles. The number of alkyl halides is 4. The Hall–Kier alpha value is -0.1000. The Morgan fingerprint density at radius 3 is 2.53 bits per heavy atom. The van der Waals surface area contributed by atoms with E-state index in [9.17, 15) is 14.4 Å². The van der Waals surface area contributed by atoms with E-state index in [1.165, 1.54) is 36.5 Å². The summed E-state index contributed by atoms with van der Waals surface area (Å²) in [6, 6.07) is 0. The Labute approximate surface area is 208 Å². The largest absolute Gasteiger partial charge is 0.508 e. The zero-order valence-corrected chi connectivity index (χ0v) is 21.3. The van der Waals surface area contributed by atoms with Crippen LogP contribution in [0.2, 0.25) is 0 Å². The Morgan fingerprint density at radius 2 is 2.00 bits per heavy atom. The van der Waals surface area contributed by atoms with Crippen molar-refractivity contribution < 1.29 is 28.6 Å². The van der Waals surface area contributed by atoms with Gasteiger partial charge in [-0.25, -0.2) is 9.59 Å². The van der Waals surface area contributed by atoms with Crippen LogP contribution in [0, 0.1) is 5.92 Å². The van der Waals surface area contributed by atoms with Gasteiger partial charge in [-0.3, -0.25) is 4.79 Å². The van der Waals surface area contributed by atoms with Crippen LogP contribution in [0.3, 0.4) is 0 Å². The summed E-state index contributed by atoms with van der Waals surface area (Å²) in [5.41, 5.74) is -1.37. The van der Waals surface area contributed by atoms with Crippen molar-refractivity contribution in [1.82, 2.24) is 4.90 Å². The van der Waals surface area contributed by atoms with Gasteiger partial charge in [-0.15, -0.1) is 11.8 Å². The molecule has 4 atom stereocenters. The summed E-state index contributed by atoms with van der Waals surface area (Å²) < 4.78 is 13.5. The fourth-order valence-corrected chi connectivity index (χ4v) is 5.63. The summed E-state index contributed by atoms with van der Waals surface area (Å²) in [6.07, 6.45) is -0.654. The first-order chi connectivity index (χ1) is 13.9. The molecule has 1 rings (SSSR count). The molecule has 1 amide bonds. The summed E-state index contributed by atoms with van der Waals surface area (Å²) >= 11 is 30.6. The molecule has 1 heterocycles. The highest BCUT2D eigenvalue weighted by molar-refractivity contribution is 8.47. The van der Waals surface area contributed by atoms with Crippen LogP contribution in [0.5, 0.6) is 0 Å². The number of carbonyl (C=O) groups is 3. The predicted octanol–water partition coefficient (Wildman–Crippen LogP) is 4.75. The molecule has 1 aliphatic heterocycles. The van der Waals surface area contributed by atoms with Gasteiger partial charge in [0.1, 0.15) is 34.1 Å². The Bertz CT molecular complexity index is 678. The topological polar surface area (TPSA) is 82.1 Å². The average Bonchev–Trinajstić information content (AvgIpc) is 2.63. The van der Waals surface area contributed by atoms with Gasteiger partial charge in [0.25, 0.3) is 0 Å². The Kier molecular flexibility index (Phi) is 11.9. The molecule has 1 saturated heterocycles. The molecule has 170 valence electrons. The lowest BCUT2D eigenvalue weighted by molar-refractivity contribution is -0.167. The number of hydrogen-bond acceptors (Lipinski definition) is 9. The normalized spacial score (nSPS) is 20.6. The molecule has 1 aliphatic rings. The average molecular weight is 559 g/mol. The van der Waals surface area contributed by atoms with Gasteiger partial charge in [-0.2, -0.15) is 0 Å². The van der Waals surface area contributed by atoms with Gasteiger partial charge in [0.05, 0.1) is 0 Å². The molecule has 0 bridgehead atoms. The number of likely N-dealkylation sites (tertiary alicyclic amines) is 1. The molecule has 0 spiro atoms. The van der Waals surface area contributed by atoms with E-state index in [-0.39, 0.29) is 6.61 Å². The van der Waals surface area contributed by atoms with Crippen molar-refractivity contribution in [2.24, 2.45) is 5.92 Å². The minimum atomic E-state index is -1.80. The molecule has 4 unspecified atom stereocenters. The van der Waals surface area contributed by atoms with Gasteiger partial charge >= 0.3 is 12.1 Å². The molecule has 14 heteroatoms. The molecule has 0 aliphatic carbocycles. The van der Waals surface area contributed by atoms with Crippen LogP contribution >= 0.6 is 82.1 Å². The fourth-order valence-electron chi connectivity index (χ4n) is 2.29. The monoisotopic (exact) mass is 557 g/mol. The first kappa shape index (κ1) is 27.9. The number of rotatable bonds is 9. The van der Waals surface area contributed by atoms with Gasteiger partial charge in [0.2, 0.25) is 15.2 Å². The lowest BCUT2D eigenvalue weighted by atomic mass is 9.92. The number of nitrogens with zero attached hydrogens (tertiary/aromatic N) is 1. The Morgan fingerprint density at radius 1 is 1.37 bits per heavy atom. The van der Waals surface area contributed by atoms with E-state index >= 15 is 0 Å². The summed E-state index contributed by atoms with van der Waals surface area (Å²) in [6.45, 7) is 6.28. The maximum Gasteiger partial charge on any atom is 0.508 e. The Balaban J connectivity index is 2.88.